The summed E-state index contributed by atoms with van der Waals surface area (Å²) in [5.41, 5.74) is 8.73. The first-order valence-electron chi connectivity index (χ1n) is 15.9. The summed E-state index contributed by atoms with van der Waals surface area (Å²) >= 11 is 0. The number of fused-ring (bicyclic) bond motifs is 1. The van der Waals surface area contributed by atoms with E-state index in [1.54, 1.807) is 24.1 Å². The third-order valence-electron chi connectivity index (χ3n) is 7.97. The number of carbonyl (C=O) groups excluding carboxylic acids is 2. The van der Waals surface area contributed by atoms with Gasteiger partial charge in [0.1, 0.15) is 11.6 Å². The molecule has 0 aliphatic heterocycles. The molecule has 0 spiro atoms. The molecule has 0 saturated carbocycles. The van der Waals surface area contributed by atoms with Gasteiger partial charge in [0, 0.05) is 19.6 Å². The third-order valence-corrected chi connectivity index (χ3v) is 7.97. The molecule has 2 aromatic heterocycles. The fourth-order valence-corrected chi connectivity index (χ4v) is 5.24. The number of ether oxygens (including phenoxy) is 2. The Balaban J connectivity index is 1.52. The maximum atomic E-state index is 13.8. The SMILES string of the molecule is CCCCOc1nc(N)c2[nH]c(=O)n(CCCN(Cc3ccc(CC(=O)OC)cc3)C(=O)CN(C)[C@@H](Cc3ccccc3)C(=O)O)c2n1. The van der Waals surface area contributed by atoms with Crippen molar-refractivity contribution in [3.05, 3.63) is 81.8 Å². The van der Waals surface area contributed by atoms with Crippen LogP contribution in [-0.4, -0.2) is 92.2 Å². The number of nitrogens with one attached hydrogen (secondary N) is 1. The normalized spacial score (nSPS) is 11.8. The number of aromatic nitrogens is 4. The molecule has 4 rings (SSSR count). The number of carboxylic acids is 1. The zero-order chi connectivity index (χ0) is 34.6. The van der Waals surface area contributed by atoms with E-state index in [0.717, 1.165) is 29.5 Å². The number of nitrogens with two attached hydrogens (primary N) is 1. The van der Waals surface area contributed by atoms with Crippen LogP contribution in [0.5, 0.6) is 6.01 Å². The average Bonchev–Trinajstić information content (AvgIpc) is 3.39. The predicted octanol–water partition coefficient (Wildman–Crippen LogP) is 2.64. The van der Waals surface area contributed by atoms with Crippen molar-refractivity contribution in [2.24, 2.45) is 0 Å². The standard InChI is InChI=1S/C34H43N7O7/c1-4-5-18-48-33-37-30(35)29-31(38-33)41(34(46)36-29)17-9-16-40(21-25-14-12-24(13-15-25)20-28(43)47-3)27(42)22-39(2)26(32(44)45)19-23-10-7-6-8-11-23/h6-8,10-15,26H,4-5,9,16-22H2,1-3H3,(H,36,46)(H,44,45)(H2,35,37,38)/t26-/m0/s1. The number of rotatable bonds is 18. The number of aryl methyl sites for hydroxylation is 1. The summed E-state index contributed by atoms with van der Waals surface area (Å²) in [5.74, 6) is -1.56. The molecule has 4 N–H and O–H groups in total. The van der Waals surface area contributed by atoms with E-state index in [4.69, 9.17) is 15.2 Å². The fraction of sp³-hybridized carbons (Fsp3) is 0.412. The van der Waals surface area contributed by atoms with Crippen LogP contribution in [0.2, 0.25) is 0 Å². The Labute approximate surface area is 278 Å². The molecule has 0 unspecified atom stereocenters. The number of unbranched alkanes of at least 4 members (excludes halogenated alkanes) is 1. The first kappa shape index (κ1) is 35.6. The Morgan fingerprint density at radius 2 is 1.73 bits per heavy atom. The molecule has 1 atom stereocenters. The van der Waals surface area contributed by atoms with E-state index in [0.29, 0.717) is 24.2 Å². The first-order valence-corrected chi connectivity index (χ1v) is 15.9. The lowest BCUT2D eigenvalue weighted by atomic mass is 10.0. The zero-order valence-corrected chi connectivity index (χ0v) is 27.6. The van der Waals surface area contributed by atoms with Crippen LogP contribution in [0.25, 0.3) is 11.2 Å². The Morgan fingerprint density at radius 3 is 2.40 bits per heavy atom. The van der Waals surface area contributed by atoms with Gasteiger partial charge in [0.05, 0.1) is 26.7 Å². The second kappa shape index (κ2) is 17.1. The highest BCUT2D eigenvalue weighted by Gasteiger charge is 2.27. The number of amides is 1. The minimum atomic E-state index is -1.03. The topological polar surface area (TPSA) is 186 Å². The molecule has 1 amide bonds. The minimum absolute atomic E-state index is 0.0835. The van der Waals surface area contributed by atoms with E-state index in [9.17, 15) is 24.3 Å². The number of hydrogen-bond acceptors (Lipinski definition) is 10. The van der Waals surface area contributed by atoms with Gasteiger partial charge in [-0.1, -0.05) is 67.9 Å². The van der Waals surface area contributed by atoms with Crippen LogP contribution in [0, 0.1) is 0 Å². The van der Waals surface area contributed by atoms with Crippen molar-refractivity contribution in [3.63, 3.8) is 0 Å². The van der Waals surface area contributed by atoms with Crippen molar-refractivity contribution in [3.8, 4) is 6.01 Å². The van der Waals surface area contributed by atoms with Gasteiger partial charge in [-0.15, -0.1) is 0 Å². The highest BCUT2D eigenvalue weighted by molar-refractivity contribution is 5.82. The number of carboxylic acid groups (broad SMARTS) is 1. The monoisotopic (exact) mass is 661 g/mol. The van der Waals surface area contributed by atoms with E-state index >= 15 is 0 Å². The van der Waals surface area contributed by atoms with Crippen molar-refractivity contribution >= 4 is 34.8 Å². The van der Waals surface area contributed by atoms with Crippen LogP contribution in [0.4, 0.5) is 5.82 Å². The summed E-state index contributed by atoms with van der Waals surface area (Å²) in [7, 11) is 2.95. The quantitative estimate of drug-likeness (QED) is 0.105. The smallest absolute Gasteiger partial charge is 0.327 e. The molecule has 0 bridgehead atoms. The van der Waals surface area contributed by atoms with E-state index in [-0.39, 0.29) is 62.7 Å². The number of nitrogen functional groups attached to an aromatic ring is 1. The van der Waals surface area contributed by atoms with Crippen molar-refractivity contribution in [2.75, 3.05) is 39.6 Å². The highest BCUT2D eigenvalue weighted by Crippen LogP contribution is 2.19. The summed E-state index contributed by atoms with van der Waals surface area (Å²) in [6.07, 6.45) is 2.49. The summed E-state index contributed by atoms with van der Waals surface area (Å²) in [6.45, 7) is 3.01. The Morgan fingerprint density at radius 1 is 1.02 bits per heavy atom. The number of esters is 1. The molecule has 0 aliphatic rings. The number of anilines is 1. The maximum Gasteiger partial charge on any atom is 0.327 e. The summed E-state index contributed by atoms with van der Waals surface area (Å²) in [4.78, 5) is 65.0. The van der Waals surface area contributed by atoms with E-state index in [1.807, 2.05) is 49.4 Å². The summed E-state index contributed by atoms with van der Waals surface area (Å²) in [5, 5.41) is 9.99. The van der Waals surface area contributed by atoms with Crippen molar-refractivity contribution < 1.29 is 29.0 Å². The lowest BCUT2D eigenvalue weighted by Crippen LogP contribution is -2.46. The molecular weight excluding hydrogens is 618 g/mol. The lowest BCUT2D eigenvalue weighted by molar-refractivity contribution is -0.144. The number of likely N-dealkylation sites (N-methyl/N-ethyl adjacent to an activating group) is 1. The van der Waals surface area contributed by atoms with Crippen molar-refractivity contribution in [1.82, 2.24) is 29.3 Å². The molecule has 0 fully saturated rings. The lowest BCUT2D eigenvalue weighted by Gasteiger charge is -2.29. The van der Waals surface area contributed by atoms with Gasteiger partial charge in [-0.25, -0.2) is 4.79 Å². The maximum absolute atomic E-state index is 13.8. The van der Waals surface area contributed by atoms with E-state index in [1.165, 1.54) is 16.6 Å². The number of H-pyrrole nitrogens is 1. The Bertz CT molecular complexity index is 1740. The number of nitrogens with zero attached hydrogens (tertiary/aromatic N) is 5. The third kappa shape index (κ3) is 9.64. The summed E-state index contributed by atoms with van der Waals surface area (Å²) < 4.78 is 11.8. The fourth-order valence-electron chi connectivity index (χ4n) is 5.24. The molecule has 0 saturated heterocycles. The summed E-state index contributed by atoms with van der Waals surface area (Å²) in [6, 6.07) is 15.7. The molecule has 256 valence electrons. The minimum Gasteiger partial charge on any atom is -0.480 e. The van der Waals surface area contributed by atoms with E-state index in [2.05, 4.69) is 15.0 Å². The van der Waals surface area contributed by atoms with Crippen molar-refractivity contribution in [1.29, 1.82) is 0 Å². The van der Waals surface area contributed by atoms with Crippen LogP contribution < -0.4 is 16.2 Å². The molecule has 0 radical (unpaired) electrons. The van der Waals surface area contributed by atoms with Crippen LogP contribution in [0.15, 0.2) is 59.4 Å². The van der Waals surface area contributed by atoms with Crippen LogP contribution in [0.1, 0.15) is 42.9 Å². The predicted molar refractivity (Wildman–Crippen MR) is 179 cm³/mol. The first-order chi connectivity index (χ1) is 23.1. The molecule has 0 aliphatic carbocycles. The number of aromatic amines is 1. The number of hydrogen-bond donors (Lipinski definition) is 3. The molecule has 2 heterocycles. The number of carbonyl (C=O) groups is 3. The Hall–Kier alpha value is -5.24. The van der Waals surface area contributed by atoms with Gasteiger partial charge < -0.3 is 30.2 Å². The Kier molecular flexibility index (Phi) is 12.7. The molecule has 2 aromatic carbocycles. The molecule has 14 nitrogen and oxygen atoms in total. The van der Waals surface area contributed by atoms with Crippen molar-refractivity contribution in [2.45, 2.75) is 58.2 Å². The molecular formula is C34H43N7O7. The highest BCUT2D eigenvalue weighted by atomic mass is 16.5. The van der Waals surface area contributed by atoms with Gasteiger partial charge in [0.15, 0.2) is 11.5 Å². The van der Waals surface area contributed by atoms with Gasteiger partial charge in [0.2, 0.25) is 5.91 Å². The molecule has 4 aromatic rings. The van der Waals surface area contributed by atoms with Gasteiger partial charge >= 0.3 is 23.6 Å². The average molecular weight is 662 g/mol. The second-order valence-corrected chi connectivity index (χ2v) is 11.6. The van der Waals surface area contributed by atoms with Gasteiger partial charge in [0.25, 0.3) is 0 Å². The van der Waals surface area contributed by atoms with Gasteiger partial charge in [-0.05, 0) is 43.0 Å². The van der Waals surface area contributed by atoms with Crippen LogP contribution in [0.3, 0.4) is 0 Å². The van der Waals surface area contributed by atoms with Gasteiger partial charge in [-0.2, -0.15) is 9.97 Å². The van der Waals surface area contributed by atoms with Crippen LogP contribution in [-0.2, 0) is 45.1 Å². The number of methoxy groups -OCH3 is 1. The molecule has 48 heavy (non-hydrogen) atoms. The zero-order valence-electron chi connectivity index (χ0n) is 27.6. The largest absolute Gasteiger partial charge is 0.480 e. The van der Waals surface area contributed by atoms with E-state index < -0.39 is 17.7 Å². The molecule has 14 heteroatoms. The van der Waals surface area contributed by atoms with Gasteiger partial charge in [-0.3, -0.25) is 23.9 Å². The number of imidazole rings is 1. The number of aliphatic carboxylic acids is 1. The second-order valence-electron chi connectivity index (χ2n) is 11.6. The van der Waals surface area contributed by atoms with Crippen LogP contribution >= 0.6 is 0 Å². The number of benzene rings is 2.